The summed E-state index contributed by atoms with van der Waals surface area (Å²) in [6.45, 7) is 3.82. The molecule has 0 bridgehead atoms. The van der Waals surface area contributed by atoms with Crippen LogP contribution in [0.2, 0.25) is 0 Å². The van der Waals surface area contributed by atoms with Crippen molar-refractivity contribution in [2.45, 2.75) is 13.8 Å². The first-order valence-corrected chi connectivity index (χ1v) is 3.67. The Kier molecular flexibility index (Phi) is 6.73. The molecular weight excluding hydrogens is 152 g/mol. The SMILES string of the molecule is C/C=N/NC.Cc1cncnc1. The molecule has 0 aromatic carbocycles. The van der Waals surface area contributed by atoms with Crippen molar-refractivity contribution in [3.05, 3.63) is 24.3 Å². The Bertz CT molecular complexity index is 208. The van der Waals surface area contributed by atoms with E-state index in [1.807, 2.05) is 13.8 Å². The molecular formula is C8H14N4. The van der Waals surface area contributed by atoms with Gasteiger partial charge in [-0.3, -0.25) is 0 Å². The van der Waals surface area contributed by atoms with E-state index in [-0.39, 0.29) is 0 Å². The lowest BCUT2D eigenvalue weighted by molar-refractivity contribution is 0.906. The van der Waals surface area contributed by atoms with E-state index in [0.717, 1.165) is 5.56 Å². The van der Waals surface area contributed by atoms with Crippen molar-refractivity contribution < 1.29 is 0 Å². The smallest absolute Gasteiger partial charge is 0.115 e. The van der Waals surface area contributed by atoms with E-state index in [2.05, 4.69) is 20.5 Å². The third-order valence-corrected chi connectivity index (χ3v) is 0.948. The zero-order valence-electron chi connectivity index (χ0n) is 7.65. The van der Waals surface area contributed by atoms with Gasteiger partial charge in [-0.25, -0.2) is 9.97 Å². The quantitative estimate of drug-likeness (QED) is 0.500. The Morgan fingerprint density at radius 3 is 2.17 bits per heavy atom. The number of hydrogen-bond donors (Lipinski definition) is 1. The number of nitrogens with zero attached hydrogens (tertiary/aromatic N) is 3. The highest BCUT2D eigenvalue weighted by atomic mass is 15.2. The van der Waals surface area contributed by atoms with Crippen molar-refractivity contribution in [1.82, 2.24) is 15.4 Å². The lowest BCUT2D eigenvalue weighted by Gasteiger charge is -1.81. The van der Waals surface area contributed by atoms with Crippen molar-refractivity contribution in [3.8, 4) is 0 Å². The van der Waals surface area contributed by atoms with Crippen LogP contribution in [-0.2, 0) is 0 Å². The maximum Gasteiger partial charge on any atom is 0.115 e. The Morgan fingerprint density at radius 1 is 1.42 bits per heavy atom. The van der Waals surface area contributed by atoms with Gasteiger partial charge in [0.15, 0.2) is 0 Å². The zero-order chi connectivity index (χ0) is 9.23. The highest BCUT2D eigenvalue weighted by Crippen LogP contribution is 1.84. The van der Waals surface area contributed by atoms with Crippen LogP contribution in [0.15, 0.2) is 23.8 Å². The van der Waals surface area contributed by atoms with Crippen molar-refractivity contribution in [2.75, 3.05) is 7.05 Å². The molecule has 0 spiro atoms. The molecule has 0 atom stereocenters. The summed E-state index contributed by atoms with van der Waals surface area (Å²) in [7, 11) is 1.76. The second kappa shape index (κ2) is 7.65. The molecule has 1 aromatic heterocycles. The maximum absolute atomic E-state index is 3.77. The number of nitrogens with one attached hydrogen (secondary N) is 1. The topological polar surface area (TPSA) is 50.2 Å². The molecule has 0 saturated carbocycles. The van der Waals surface area contributed by atoms with E-state index in [9.17, 15) is 0 Å². The average Bonchev–Trinajstić information content (AvgIpc) is 2.08. The molecule has 0 aliphatic carbocycles. The molecule has 0 radical (unpaired) electrons. The van der Waals surface area contributed by atoms with Crippen LogP contribution in [0, 0.1) is 6.92 Å². The van der Waals surface area contributed by atoms with Gasteiger partial charge in [0.1, 0.15) is 6.33 Å². The number of aryl methyl sites for hydroxylation is 1. The van der Waals surface area contributed by atoms with Crippen LogP contribution in [0.4, 0.5) is 0 Å². The predicted octanol–water partition coefficient (Wildman–Crippen LogP) is 0.997. The van der Waals surface area contributed by atoms with Crippen LogP contribution >= 0.6 is 0 Å². The first kappa shape index (κ1) is 10.6. The Balaban J connectivity index is 0.000000217. The standard InChI is InChI=1S/C5H6N2.C3H8N2/c1-5-2-6-4-7-3-5;1-3-5-4-2/h2-4H,1H3;3-4H,1-2H3/b;5-3+. The van der Waals surface area contributed by atoms with Gasteiger partial charge in [0.2, 0.25) is 0 Å². The fourth-order valence-corrected chi connectivity index (χ4v) is 0.503. The molecule has 0 amide bonds. The molecule has 12 heavy (non-hydrogen) atoms. The minimum absolute atomic E-state index is 1.10. The monoisotopic (exact) mass is 166 g/mol. The van der Waals surface area contributed by atoms with Gasteiger partial charge >= 0.3 is 0 Å². The number of aromatic nitrogens is 2. The van der Waals surface area contributed by atoms with Gasteiger partial charge < -0.3 is 5.43 Å². The summed E-state index contributed by atoms with van der Waals surface area (Å²) in [6, 6.07) is 0. The number of hydrazone groups is 1. The van der Waals surface area contributed by atoms with E-state index in [1.165, 1.54) is 6.33 Å². The van der Waals surface area contributed by atoms with Crippen molar-refractivity contribution in [2.24, 2.45) is 5.10 Å². The van der Waals surface area contributed by atoms with Gasteiger partial charge in [-0.2, -0.15) is 5.10 Å². The summed E-state index contributed by atoms with van der Waals surface area (Å²) in [5.41, 5.74) is 3.69. The minimum atomic E-state index is 1.10. The Morgan fingerprint density at radius 2 is 2.00 bits per heavy atom. The summed E-state index contributed by atoms with van der Waals surface area (Å²) in [5.74, 6) is 0. The predicted molar refractivity (Wildman–Crippen MR) is 50.0 cm³/mol. The van der Waals surface area contributed by atoms with E-state index in [4.69, 9.17) is 0 Å². The van der Waals surface area contributed by atoms with Crippen LogP contribution in [-0.4, -0.2) is 23.2 Å². The largest absolute Gasteiger partial charge is 0.313 e. The van der Waals surface area contributed by atoms with Crippen molar-refractivity contribution in [3.63, 3.8) is 0 Å². The van der Waals surface area contributed by atoms with Gasteiger partial charge in [-0.1, -0.05) is 0 Å². The normalized spacial score (nSPS) is 8.92. The fraction of sp³-hybridized carbons (Fsp3) is 0.375. The summed E-state index contributed by atoms with van der Waals surface area (Å²) in [5, 5.41) is 3.60. The zero-order valence-corrected chi connectivity index (χ0v) is 7.65. The molecule has 66 valence electrons. The Hall–Kier alpha value is -1.45. The molecule has 0 aliphatic rings. The van der Waals surface area contributed by atoms with Crippen LogP contribution < -0.4 is 5.43 Å². The molecule has 1 N–H and O–H groups in total. The summed E-state index contributed by atoms with van der Waals surface area (Å²) in [4.78, 5) is 7.55. The fourth-order valence-electron chi connectivity index (χ4n) is 0.503. The second-order valence-corrected chi connectivity index (χ2v) is 2.03. The maximum atomic E-state index is 3.77. The van der Waals surface area contributed by atoms with Gasteiger partial charge in [0.05, 0.1) is 0 Å². The molecule has 1 rings (SSSR count). The van der Waals surface area contributed by atoms with Gasteiger partial charge in [-0.15, -0.1) is 0 Å². The van der Waals surface area contributed by atoms with E-state index < -0.39 is 0 Å². The highest BCUT2D eigenvalue weighted by Gasteiger charge is 1.74. The molecule has 1 heterocycles. The Labute approximate surface area is 72.8 Å². The third-order valence-electron chi connectivity index (χ3n) is 0.948. The average molecular weight is 166 g/mol. The van der Waals surface area contributed by atoms with E-state index in [1.54, 1.807) is 25.7 Å². The van der Waals surface area contributed by atoms with Crippen LogP contribution in [0.5, 0.6) is 0 Å². The number of hydrogen-bond acceptors (Lipinski definition) is 4. The van der Waals surface area contributed by atoms with E-state index >= 15 is 0 Å². The molecule has 0 saturated heterocycles. The summed E-state index contributed by atoms with van der Waals surface area (Å²) >= 11 is 0. The molecule has 0 aliphatic heterocycles. The summed E-state index contributed by atoms with van der Waals surface area (Å²) < 4.78 is 0. The lowest BCUT2D eigenvalue weighted by Crippen LogP contribution is -1.90. The van der Waals surface area contributed by atoms with Gasteiger partial charge in [0.25, 0.3) is 0 Å². The first-order valence-electron chi connectivity index (χ1n) is 3.67. The van der Waals surface area contributed by atoms with Crippen molar-refractivity contribution >= 4 is 6.21 Å². The summed E-state index contributed by atoms with van der Waals surface area (Å²) in [6.07, 6.45) is 6.76. The van der Waals surface area contributed by atoms with Crippen LogP contribution in [0.1, 0.15) is 12.5 Å². The van der Waals surface area contributed by atoms with Crippen molar-refractivity contribution in [1.29, 1.82) is 0 Å². The minimum Gasteiger partial charge on any atom is -0.313 e. The molecule has 0 fully saturated rings. The molecule has 1 aromatic rings. The first-order chi connectivity index (χ1) is 5.81. The third kappa shape index (κ3) is 6.67. The van der Waals surface area contributed by atoms with Gasteiger partial charge in [-0.05, 0) is 19.4 Å². The van der Waals surface area contributed by atoms with Crippen LogP contribution in [0.3, 0.4) is 0 Å². The lowest BCUT2D eigenvalue weighted by atomic mass is 10.4. The molecule has 4 nitrogen and oxygen atoms in total. The number of rotatable bonds is 1. The molecule has 0 unspecified atom stereocenters. The molecule has 4 heteroatoms. The van der Waals surface area contributed by atoms with E-state index in [0.29, 0.717) is 0 Å². The second-order valence-electron chi connectivity index (χ2n) is 2.03. The van der Waals surface area contributed by atoms with Gasteiger partial charge in [0, 0.05) is 25.7 Å². The highest BCUT2D eigenvalue weighted by molar-refractivity contribution is 5.52. The van der Waals surface area contributed by atoms with Crippen LogP contribution in [0.25, 0.3) is 0 Å².